The number of nitrogens with zero attached hydrogens (tertiary/aromatic N) is 3. The summed E-state index contributed by atoms with van der Waals surface area (Å²) in [4.78, 5) is 43.3. The minimum atomic E-state index is -0.721. The van der Waals surface area contributed by atoms with E-state index >= 15 is 0 Å². The van der Waals surface area contributed by atoms with Crippen LogP contribution in [0.4, 0.5) is 0 Å². The highest BCUT2D eigenvalue weighted by atomic mass is 16.5. The van der Waals surface area contributed by atoms with Gasteiger partial charge in [0.05, 0.1) is 32.4 Å². The number of carbonyl (C=O) groups excluding carboxylic acids is 3. The fourth-order valence-corrected chi connectivity index (χ4v) is 7.05. The molecule has 0 saturated carbocycles. The number of aromatic hydroxyl groups is 1. The number of aryl methyl sites for hydroxylation is 1. The molecule has 3 heterocycles. The van der Waals surface area contributed by atoms with Crippen molar-refractivity contribution in [1.82, 2.24) is 15.1 Å². The van der Waals surface area contributed by atoms with Gasteiger partial charge in [0.2, 0.25) is 11.7 Å². The molecule has 0 radical (unpaired) electrons. The van der Waals surface area contributed by atoms with Crippen molar-refractivity contribution in [3.05, 3.63) is 45.2 Å². The van der Waals surface area contributed by atoms with Gasteiger partial charge in [-0.15, -0.1) is 0 Å². The second kappa shape index (κ2) is 9.26. The van der Waals surface area contributed by atoms with Gasteiger partial charge in [-0.05, 0) is 44.9 Å². The Labute approximate surface area is 221 Å². The topological polar surface area (TPSA) is 132 Å². The summed E-state index contributed by atoms with van der Waals surface area (Å²) in [6.45, 7) is 4.89. The van der Waals surface area contributed by atoms with Crippen LogP contribution in [0.5, 0.6) is 11.5 Å². The fourth-order valence-electron chi connectivity index (χ4n) is 7.05. The highest BCUT2D eigenvalue weighted by molar-refractivity contribution is 6.25. The lowest BCUT2D eigenvalue weighted by molar-refractivity contribution is -0.124. The summed E-state index contributed by atoms with van der Waals surface area (Å²) >= 11 is 0. The van der Waals surface area contributed by atoms with Crippen molar-refractivity contribution in [2.24, 2.45) is 0 Å². The number of ether oxygens (including phenoxy) is 2. The average molecular weight is 521 g/mol. The Hall–Kier alpha value is -3.68. The molecule has 1 aromatic carbocycles. The van der Waals surface area contributed by atoms with Crippen molar-refractivity contribution in [3.63, 3.8) is 0 Å². The number of hydrogen-bond acceptors (Lipinski definition) is 9. The number of nitrogens with one attached hydrogen (secondary N) is 1. The number of phenols is 1. The minimum absolute atomic E-state index is 0.00828. The zero-order chi connectivity index (χ0) is 27.6. The first-order chi connectivity index (χ1) is 18.1. The third kappa shape index (κ3) is 3.49. The Bertz CT molecular complexity index is 1370. The van der Waals surface area contributed by atoms with Crippen molar-refractivity contribution >= 4 is 17.5 Å². The second-order valence-electron chi connectivity index (χ2n) is 10.5. The monoisotopic (exact) mass is 520 g/mol. The minimum Gasteiger partial charge on any atom is -0.504 e. The second-order valence-corrected chi connectivity index (χ2v) is 10.5. The number of carbonyl (C=O) groups is 3. The number of methoxy groups -OCH3 is 2. The number of nitriles is 1. The van der Waals surface area contributed by atoms with E-state index in [4.69, 9.17) is 9.47 Å². The summed E-state index contributed by atoms with van der Waals surface area (Å²) in [5.41, 5.74) is 3.34. The van der Waals surface area contributed by atoms with E-state index in [9.17, 15) is 24.8 Å². The van der Waals surface area contributed by atoms with Gasteiger partial charge in [-0.2, -0.15) is 5.26 Å². The fraction of sp³-hybridized carbons (Fsp3) is 0.500. The number of rotatable bonds is 4. The maximum Gasteiger partial charge on any atom is 0.226 e. The number of amides is 1. The number of benzene rings is 1. The van der Waals surface area contributed by atoms with Crippen LogP contribution in [0.2, 0.25) is 0 Å². The van der Waals surface area contributed by atoms with Gasteiger partial charge < -0.3 is 19.9 Å². The third-order valence-corrected chi connectivity index (χ3v) is 8.61. The van der Waals surface area contributed by atoms with Gasteiger partial charge in [-0.3, -0.25) is 24.2 Å². The summed E-state index contributed by atoms with van der Waals surface area (Å²) in [7, 11) is 4.80. The summed E-state index contributed by atoms with van der Waals surface area (Å²) < 4.78 is 10.9. The Kier molecular flexibility index (Phi) is 6.32. The van der Waals surface area contributed by atoms with E-state index in [0.29, 0.717) is 23.3 Å². The van der Waals surface area contributed by atoms with Crippen molar-refractivity contribution < 1.29 is 29.0 Å². The molecule has 1 aromatic rings. The van der Waals surface area contributed by atoms with Gasteiger partial charge in [-0.25, -0.2) is 0 Å². The number of ketones is 2. The van der Waals surface area contributed by atoms with Crippen molar-refractivity contribution in [2.45, 2.75) is 63.8 Å². The highest BCUT2D eigenvalue weighted by Crippen LogP contribution is 2.53. The summed E-state index contributed by atoms with van der Waals surface area (Å²) in [6.07, 6.45) is 0.718. The molecule has 5 rings (SSSR count). The molecule has 1 fully saturated rings. The van der Waals surface area contributed by atoms with Gasteiger partial charge in [0.25, 0.3) is 0 Å². The standard InChI is InChI=1S/C28H32N4O6/c1-12-7-15-8-17-19(10-29)32-18(23(31(17)4)21(15)25(35)27(12)37-5)9-16-22(20(32)11-30-14(3)33)26(36)28(38-6)13(2)24(16)34/h7,17-20,23,35H,8-9,11H2,1-6H3,(H,30,33)/t17-,18+,19+,20+,23+/m1/s1. The molecule has 2 bridgehead atoms. The van der Waals surface area contributed by atoms with Crippen LogP contribution in [0.15, 0.2) is 28.5 Å². The molecule has 0 unspecified atom stereocenters. The molecule has 1 saturated heterocycles. The van der Waals surface area contributed by atoms with E-state index in [1.54, 1.807) is 6.92 Å². The number of hydrogen-bond donors (Lipinski definition) is 2. The maximum absolute atomic E-state index is 13.7. The van der Waals surface area contributed by atoms with E-state index in [-0.39, 0.29) is 59.4 Å². The van der Waals surface area contributed by atoms with Crippen LogP contribution in [0.1, 0.15) is 43.0 Å². The molecular weight excluding hydrogens is 488 g/mol. The number of fused-ring (bicyclic) bond motifs is 6. The van der Waals surface area contributed by atoms with Crippen LogP contribution in [-0.2, 0) is 25.5 Å². The van der Waals surface area contributed by atoms with Gasteiger partial charge in [0.15, 0.2) is 23.0 Å². The molecule has 2 N–H and O–H groups in total. The molecule has 4 aliphatic rings. The normalized spacial score (nSPS) is 28.8. The largest absolute Gasteiger partial charge is 0.504 e. The molecule has 1 aliphatic carbocycles. The Morgan fingerprint density at radius 3 is 2.50 bits per heavy atom. The van der Waals surface area contributed by atoms with E-state index in [1.807, 2.05) is 24.9 Å². The summed E-state index contributed by atoms with van der Waals surface area (Å²) in [5, 5.41) is 24.7. The molecule has 10 nitrogen and oxygen atoms in total. The van der Waals surface area contributed by atoms with Gasteiger partial charge >= 0.3 is 0 Å². The Morgan fingerprint density at radius 1 is 1.18 bits per heavy atom. The van der Waals surface area contributed by atoms with Crippen LogP contribution < -0.4 is 10.1 Å². The molecule has 10 heteroatoms. The van der Waals surface area contributed by atoms with Crippen LogP contribution in [-0.4, -0.2) is 84.4 Å². The van der Waals surface area contributed by atoms with Crippen LogP contribution in [0.25, 0.3) is 0 Å². The molecular formula is C28H32N4O6. The Balaban J connectivity index is 1.74. The number of phenolic OH excluding ortho intramolecular Hbond substituents is 1. The third-order valence-electron chi connectivity index (χ3n) is 8.61. The number of allylic oxidation sites excluding steroid dienone is 2. The van der Waals surface area contributed by atoms with Crippen LogP contribution in [0.3, 0.4) is 0 Å². The zero-order valence-electron chi connectivity index (χ0n) is 22.4. The van der Waals surface area contributed by atoms with Crippen molar-refractivity contribution in [3.8, 4) is 17.6 Å². The number of piperazine rings is 1. The van der Waals surface area contributed by atoms with E-state index in [2.05, 4.69) is 16.3 Å². The van der Waals surface area contributed by atoms with E-state index in [1.165, 1.54) is 21.1 Å². The molecule has 0 aromatic heterocycles. The zero-order valence-corrected chi connectivity index (χ0v) is 22.4. The van der Waals surface area contributed by atoms with Gasteiger partial charge in [-0.1, -0.05) is 6.07 Å². The lowest BCUT2D eigenvalue weighted by Crippen LogP contribution is -2.71. The van der Waals surface area contributed by atoms with Gasteiger partial charge in [0.1, 0.15) is 6.04 Å². The molecule has 5 atom stereocenters. The molecule has 0 spiro atoms. The molecule has 38 heavy (non-hydrogen) atoms. The van der Waals surface area contributed by atoms with Gasteiger partial charge in [0, 0.05) is 47.8 Å². The van der Waals surface area contributed by atoms with Crippen molar-refractivity contribution in [1.29, 1.82) is 5.26 Å². The smallest absolute Gasteiger partial charge is 0.226 e. The first-order valence-corrected chi connectivity index (χ1v) is 12.7. The maximum atomic E-state index is 13.7. The summed E-state index contributed by atoms with van der Waals surface area (Å²) in [6, 6.07) is 2.07. The number of likely N-dealkylation sites (N-methyl/N-ethyl adjacent to an activating group) is 1. The average Bonchev–Trinajstić information content (AvgIpc) is 2.86. The van der Waals surface area contributed by atoms with Crippen molar-refractivity contribution in [2.75, 3.05) is 27.8 Å². The molecule has 200 valence electrons. The predicted molar refractivity (Wildman–Crippen MR) is 136 cm³/mol. The first-order valence-electron chi connectivity index (χ1n) is 12.7. The predicted octanol–water partition coefficient (Wildman–Crippen LogP) is 1.46. The van der Waals surface area contributed by atoms with Crippen LogP contribution in [0, 0.1) is 18.3 Å². The molecule has 1 amide bonds. The summed E-state index contributed by atoms with van der Waals surface area (Å²) in [5.74, 6) is -0.518. The Morgan fingerprint density at radius 2 is 1.89 bits per heavy atom. The van der Waals surface area contributed by atoms with E-state index < -0.39 is 23.9 Å². The molecule has 3 aliphatic heterocycles. The van der Waals surface area contributed by atoms with Crippen LogP contribution >= 0.6 is 0 Å². The quantitative estimate of drug-likeness (QED) is 0.566. The lowest BCUT2D eigenvalue weighted by atomic mass is 9.69. The first kappa shape index (κ1) is 25.9. The lowest BCUT2D eigenvalue weighted by Gasteiger charge is -2.60. The number of Topliss-reactive ketones (excluding diaryl/α,β-unsaturated/α-hetero) is 2. The SMILES string of the molecule is COC1=C(C)C(=O)C2=C(C1=O)[C@H](CNC(C)=O)N1[C@@H](C#N)[C@H]3Cc4cc(C)c(OC)c(O)c4[C@H]([C@@H]1C2)N3C. The van der Waals surface area contributed by atoms with E-state index in [0.717, 1.165) is 11.1 Å². The highest BCUT2D eigenvalue weighted by Gasteiger charge is 2.57.